The number of benzene rings is 1. The Morgan fingerprint density at radius 2 is 2.38 bits per heavy atom. The van der Waals surface area contributed by atoms with Crippen molar-refractivity contribution in [2.24, 2.45) is 0 Å². The van der Waals surface area contributed by atoms with Crippen molar-refractivity contribution in [3.8, 4) is 0 Å². The summed E-state index contributed by atoms with van der Waals surface area (Å²) in [5.41, 5.74) is 2.12. The molecule has 1 aliphatic heterocycles. The molecule has 1 aromatic carbocycles. The van der Waals surface area contributed by atoms with Crippen LogP contribution < -0.4 is 0 Å². The largest absolute Gasteiger partial charge is 0.381 e. The van der Waals surface area contributed by atoms with Gasteiger partial charge < -0.3 is 9.72 Å². The standard InChI is InChI=1S/C12H13BrN2O/c13-9-3-4-10-11(6-9)15-12(14-10)8-2-1-5-16-7-8/h3-4,6,8H,1-2,5,7H2,(H,14,15). The highest BCUT2D eigenvalue weighted by atomic mass is 79.9. The number of fused-ring (bicyclic) bond motifs is 1. The van der Waals surface area contributed by atoms with E-state index < -0.39 is 0 Å². The Balaban J connectivity index is 1.97. The molecule has 84 valence electrons. The highest BCUT2D eigenvalue weighted by Gasteiger charge is 2.19. The molecule has 0 spiro atoms. The SMILES string of the molecule is Brc1ccc2nc(C3CCCOC3)[nH]c2c1. The van der Waals surface area contributed by atoms with Gasteiger partial charge in [-0.25, -0.2) is 4.98 Å². The Hall–Kier alpha value is -0.870. The molecule has 3 nitrogen and oxygen atoms in total. The molecule has 2 heterocycles. The molecule has 0 aliphatic carbocycles. The fourth-order valence-electron chi connectivity index (χ4n) is 2.15. The molecule has 1 N–H and O–H groups in total. The summed E-state index contributed by atoms with van der Waals surface area (Å²) in [7, 11) is 0. The van der Waals surface area contributed by atoms with Crippen LogP contribution in [0.4, 0.5) is 0 Å². The van der Waals surface area contributed by atoms with Crippen molar-refractivity contribution in [2.45, 2.75) is 18.8 Å². The Bertz CT molecular complexity index is 503. The van der Waals surface area contributed by atoms with Crippen LogP contribution in [-0.4, -0.2) is 23.2 Å². The average molecular weight is 281 g/mol. The molecule has 1 atom stereocenters. The molecule has 1 unspecified atom stereocenters. The number of H-pyrrole nitrogens is 1. The summed E-state index contributed by atoms with van der Waals surface area (Å²) in [5, 5.41) is 0. The van der Waals surface area contributed by atoms with Crippen molar-refractivity contribution in [2.75, 3.05) is 13.2 Å². The summed E-state index contributed by atoms with van der Waals surface area (Å²) >= 11 is 3.47. The number of ether oxygens (including phenoxy) is 1. The number of imidazole rings is 1. The Kier molecular flexibility index (Phi) is 2.69. The zero-order valence-corrected chi connectivity index (χ0v) is 10.5. The Morgan fingerprint density at radius 3 is 3.19 bits per heavy atom. The smallest absolute Gasteiger partial charge is 0.112 e. The Morgan fingerprint density at radius 1 is 1.44 bits per heavy atom. The van der Waals surface area contributed by atoms with Gasteiger partial charge in [-0.2, -0.15) is 0 Å². The van der Waals surface area contributed by atoms with Crippen molar-refractivity contribution in [1.29, 1.82) is 0 Å². The molecule has 4 heteroatoms. The lowest BCUT2D eigenvalue weighted by atomic mass is 10.0. The first-order chi connectivity index (χ1) is 7.83. The molecule has 16 heavy (non-hydrogen) atoms. The lowest BCUT2D eigenvalue weighted by molar-refractivity contribution is 0.0784. The van der Waals surface area contributed by atoms with E-state index in [0.29, 0.717) is 5.92 Å². The first-order valence-corrected chi connectivity index (χ1v) is 6.35. The summed E-state index contributed by atoms with van der Waals surface area (Å²) in [5.74, 6) is 1.49. The number of halogens is 1. The van der Waals surface area contributed by atoms with Crippen LogP contribution in [-0.2, 0) is 4.74 Å². The highest BCUT2D eigenvalue weighted by molar-refractivity contribution is 9.10. The molecule has 0 radical (unpaired) electrons. The van der Waals surface area contributed by atoms with Crippen LogP contribution in [0.5, 0.6) is 0 Å². The average Bonchev–Trinajstić information content (AvgIpc) is 2.73. The number of hydrogen-bond donors (Lipinski definition) is 1. The van der Waals surface area contributed by atoms with E-state index >= 15 is 0 Å². The minimum Gasteiger partial charge on any atom is -0.381 e. The van der Waals surface area contributed by atoms with Gasteiger partial charge in [-0.05, 0) is 31.0 Å². The number of aromatic amines is 1. The van der Waals surface area contributed by atoms with Crippen LogP contribution in [0.15, 0.2) is 22.7 Å². The van der Waals surface area contributed by atoms with E-state index in [0.717, 1.165) is 41.0 Å². The summed E-state index contributed by atoms with van der Waals surface area (Å²) in [6, 6.07) is 6.11. The van der Waals surface area contributed by atoms with Crippen molar-refractivity contribution in [3.05, 3.63) is 28.5 Å². The minimum absolute atomic E-state index is 0.430. The first-order valence-electron chi connectivity index (χ1n) is 5.56. The summed E-state index contributed by atoms with van der Waals surface area (Å²) in [4.78, 5) is 8.01. The second-order valence-corrected chi connectivity index (χ2v) is 5.11. The van der Waals surface area contributed by atoms with E-state index in [2.05, 4.69) is 32.0 Å². The molecule has 2 aromatic rings. The molecular formula is C12H13BrN2O. The van der Waals surface area contributed by atoms with E-state index in [-0.39, 0.29) is 0 Å². The second-order valence-electron chi connectivity index (χ2n) is 4.20. The van der Waals surface area contributed by atoms with Crippen LogP contribution in [0.3, 0.4) is 0 Å². The third kappa shape index (κ3) is 1.87. The van der Waals surface area contributed by atoms with E-state index in [1.54, 1.807) is 0 Å². The highest BCUT2D eigenvalue weighted by Crippen LogP contribution is 2.26. The lowest BCUT2D eigenvalue weighted by Crippen LogP contribution is -2.16. The van der Waals surface area contributed by atoms with Crippen molar-refractivity contribution < 1.29 is 4.74 Å². The first kappa shape index (κ1) is 10.3. The second kappa shape index (κ2) is 4.18. The summed E-state index contributed by atoms with van der Waals surface area (Å²) < 4.78 is 6.57. The van der Waals surface area contributed by atoms with Gasteiger partial charge in [0.05, 0.1) is 17.6 Å². The Labute approximate surface area is 102 Å². The van der Waals surface area contributed by atoms with Gasteiger partial charge in [0.1, 0.15) is 5.82 Å². The zero-order chi connectivity index (χ0) is 11.0. The van der Waals surface area contributed by atoms with Crippen LogP contribution in [0, 0.1) is 0 Å². The molecule has 0 bridgehead atoms. The van der Waals surface area contributed by atoms with Crippen molar-refractivity contribution in [1.82, 2.24) is 9.97 Å². The van der Waals surface area contributed by atoms with Crippen molar-refractivity contribution >= 4 is 27.0 Å². The van der Waals surface area contributed by atoms with Gasteiger partial charge in [0, 0.05) is 17.0 Å². The van der Waals surface area contributed by atoms with Crippen LogP contribution in [0.1, 0.15) is 24.6 Å². The maximum absolute atomic E-state index is 5.49. The number of nitrogens with one attached hydrogen (secondary N) is 1. The minimum atomic E-state index is 0.430. The van der Waals surface area contributed by atoms with Gasteiger partial charge in [-0.15, -0.1) is 0 Å². The van der Waals surface area contributed by atoms with E-state index in [1.165, 1.54) is 6.42 Å². The van der Waals surface area contributed by atoms with Crippen LogP contribution >= 0.6 is 15.9 Å². The van der Waals surface area contributed by atoms with Crippen LogP contribution in [0.25, 0.3) is 11.0 Å². The van der Waals surface area contributed by atoms with Gasteiger partial charge >= 0.3 is 0 Å². The predicted octanol–water partition coefficient (Wildman–Crippen LogP) is 3.22. The molecule has 1 aliphatic rings. The van der Waals surface area contributed by atoms with Crippen molar-refractivity contribution in [3.63, 3.8) is 0 Å². The molecule has 0 saturated carbocycles. The number of hydrogen-bond acceptors (Lipinski definition) is 2. The molecule has 1 aromatic heterocycles. The molecular weight excluding hydrogens is 268 g/mol. The van der Waals surface area contributed by atoms with Gasteiger partial charge in [0.2, 0.25) is 0 Å². The maximum atomic E-state index is 5.49. The third-order valence-electron chi connectivity index (χ3n) is 3.01. The molecule has 3 rings (SSSR count). The number of aromatic nitrogens is 2. The van der Waals surface area contributed by atoms with Gasteiger partial charge in [0.25, 0.3) is 0 Å². The number of nitrogens with zero attached hydrogens (tertiary/aromatic N) is 1. The third-order valence-corrected chi connectivity index (χ3v) is 3.50. The monoisotopic (exact) mass is 280 g/mol. The maximum Gasteiger partial charge on any atom is 0.112 e. The fraction of sp³-hybridized carbons (Fsp3) is 0.417. The number of rotatable bonds is 1. The normalized spacial score (nSPS) is 21.4. The van der Waals surface area contributed by atoms with Gasteiger partial charge in [-0.3, -0.25) is 0 Å². The van der Waals surface area contributed by atoms with Crippen LogP contribution in [0.2, 0.25) is 0 Å². The fourth-order valence-corrected chi connectivity index (χ4v) is 2.51. The molecule has 1 fully saturated rings. The van der Waals surface area contributed by atoms with E-state index in [9.17, 15) is 0 Å². The zero-order valence-electron chi connectivity index (χ0n) is 8.87. The topological polar surface area (TPSA) is 37.9 Å². The predicted molar refractivity (Wildman–Crippen MR) is 66.6 cm³/mol. The van der Waals surface area contributed by atoms with Gasteiger partial charge in [0.15, 0.2) is 0 Å². The molecule has 0 amide bonds. The lowest BCUT2D eigenvalue weighted by Gasteiger charge is -2.19. The quantitative estimate of drug-likeness (QED) is 0.871. The van der Waals surface area contributed by atoms with E-state index in [4.69, 9.17) is 4.74 Å². The molecule has 1 saturated heterocycles. The van der Waals surface area contributed by atoms with Gasteiger partial charge in [-0.1, -0.05) is 15.9 Å². The summed E-state index contributed by atoms with van der Waals surface area (Å²) in [6.07, 6.45) is 2.30. The summed E-state index contributed by atoms with van der Waals surface area (Å²) in [6.45, 7) is 1.68. The van der Waals surface area contributed by atoms with E-state index in [1.807, 2.05) is 12.1 Å².